The molecule has 1 N–H and O–H groups in total. The number of fused-ring (bicyclic) bond motifs is 2. The Hall–Kier alpha value is -1.81. The summed E-state index contributed by atoms with van der Waals surface area (Å²) in [6.07, 6.45) is -1.72. The van der Waals surface area contributed by atoms with Gasteiger partial charge in [0.25, 0.3) is 0 Å². The Labute approximate surface area is 113 Å². The number of nitrogens with zero attached hydrogens (tertiary/aromatic N) is 2. The Morgan fingerprint density at radius 1 is 1.35 bits per heavy atom. The van der Waals surface area contributed by atoms with E-state index in [1.807, 2.05) is 6.07 Å². The van der Waals surface area contributed by atoms with Crippen molar-refractivity contribution in [1.82, 2.24) is 4.98 Å². The van der Waals surface area contributed by atoms with Crippen LogP contribution in [0.2, 0.25) is 0 Å². The molecule has 106 valence electrons. The molecule has 3 heterocycles. The lowest BCUT2D eigenvalue weighted by Gasteiger charge is -2.21. The normalized spacial score (nSPS) is 28.4. The van der Waals surface area contributed by atoms with Crippen molar-refractivity contribution in [1.29, 1.82) is 5.26 Å². The van der Waals surface area contributed by atoms with Gasteiger partial charge < -0.3 is 10.1 Å². The largest absolute Gasteiger partial charge is 0.433 e. The molecule has 1 aromatic heterocycles. The molecule has 20 heavy (non-hydrogen) atoms. The molecule has 2 fully saturated rings. The molecule has 2 aliphatic heterocycles. The number of alkyl halides is 3. The van der Waals surface area contributed by atoms with Gasteiger partial charge in [0.15, 0.2) is 0 Å². The van der Waals surface area contributed by atoms with Gasteiger partial charge in [0.05, 0.1) is 23.8 Å². The van der Waals surface area contributed by atoms with Gasteiger partial charge in [-0.2, -0.15) is 18.4 Å². The Morgan fingerprint density at radius 2 is 2.15 bits per heavy atom. The van der Waals surface area contributed by atoms with Gasteiger partial charge in [-0.25, -0.2) is 4.98 Å². The topological polar surface area (TPSA) is 57.9 Å². The quantitative estimate of drug-likeness (QED) is 0.906. The van der Waals surface area contributed by atoms with Crippen molar-refractivity contribution >= 4 is 5.82 Å². The lowest BCUT2D eigenvalue weighted by atomic mass is 9.95. The van der Waals surface area contributed by atoms with E-state index in [-0.39, 0.29) is 29.6 Å². The summed E-state index contributed by atoms with van der Waals surface area (Å²) >= 11 is 0. The first-order valence-corrected chi connectivity index (χ1v) is 6.37. The Balaban J connectivity index is 1.86. The molecule has 2 bridgehead atoms. The highest BCUT2D eigenvalue weighted by Gasteiger charge is 2.41. The van der Waals surface area contributed by atoms with Crippen molar-refractivity contribution in [3.8, 4) is 6.07 Å². The molecule has 2 aliphatic rings. The lowest BCUT2D eigenvalue weighted by Crippen LogP contribution is -2.31. The Kier molecular flexibility index (Phi) is 3.05. The van der Waals surface area contributed by atoms with Crippen molar-refractivity contribution in [2.45, 2.75) is 43.7 Å². The van der Waals surface area contributed by atoms with E-state index in [1.165, 1.54) is 0 Å². The van der Waals surface area contributed by atoms with Crippen molar-refractivity contribution in [2.75, 3.05) is 5.32 Å². The summed E-state index contributed by atoms with van der Waals surface area (Å²) in [5, 5.41) is 11.9. The third kappa shape index (κ3) is 2.31. The molecule has 0 spiro atoms. The molecule has 0 amide bonds. The smallest absolute Gasteiger partial charge is 0.373 e. The number of nitrogens with one attached hydrogen (secondary N) is 1. The number of aromatic nitrogens is 1. The van der Waals surface area contributed by atoms with Crippen LogP contribution in [0.3, 0.4) is 0 Å². The van der Waals surface area contributed by atoms with Gasteiger partial charge in [-0.05, 0) is 31.4 Å². The molecule has 3 atom stereocenters. The monoisotopic (exact) mass is 283 g/mol. The van der Waals surface area contributed by atoms with Crippen LogP contribution in [-0.4, -0.2) is 23.2 Å². The maximum atomic E-state index is 12.7. The summed E-state index contributed by atoms with van der Waals surface area (Å²) in [6.45, 7) is 0. The zero-order chi connectivity index (χ0) is 14.3. The first-order valence-electron chi connectivity index (χ1n) is 6.37. The van der Waals surface area contributed by atoms with E-state index in [9.17, 15) is 13.2 Å². The van der Waals surface area contributed by atoms with Gasteiger partial charge in [0.2, 0.25) is 0 Å². The van der Waals surface area contributed by atoms with Gasteiger partial charge in [-0.3, -0.25) is 0 Å². The molecular weight excluding hydrogens is 271 g/mol. The van der Waals surface area contributed by atoms with Crippen LogP contribution in [0, 0.1) is 11.3 Å². The van der Waals surface area contributed by atoms with Crippen LogP contribution < -0.4 is 5.32 Å². The summed E-state index contributed by atoms with van der Waals surface area (Å²) in [5.41, 5.74) is -0.885. The first-order chi connectivity index (χ1) is 9.47. The van der Waals surface area contributed by atoms with Crippen LogP contribution >= 0.6 is 0 Å². The second kappa shape index (κ2) is 4.63. The van der Waals surface area contributed by atoms with E-state index in [0.717, 1.165) is 31.4 Å². The van der Waals surface area contributed by atoms with Crippen molar-refractivity contribution in [2.24, 2.45) is 0 Å². The molecule has 4 nitrogen and oxygen atoms in total. The molecule has 0 radical (unpaired) electrons. The van der Waals surface area contributed by atoms with Gasteiger partial charge in [-0.15, -0.1) is 0 Å². The number of ether oxygens (including phenoxy) is 1. The van der Waals surface area contributed by atoms with Gasteiger partial charge in [-0.1, -0.05) is 0 Å². The highest BCUT2D eigenvalue weighted by Crippen LogP contribution is 2.36. The molecule has 0 aliphatic carbocycles. The average molecular weight is 283 g/mol. The van der Waals surface area contributed by atoms with Crippen molar-refractivity contribution in [3.05, 3.63) is 23.4 Å². The first kappa shape index (κ1) is 13.2. The van der Waals surface area contributed by atoms with E-state index < -0.39 is 11.9 Å². The van der Waals surface area contributed by atoms with E-state index in [4.69, 9.17) is 10.00 Å². The fourth-order valence-corrected chi connectivity index (χ4v) is 2.78. The standard InChI is InChI=1S/C13H12F3N3O/c14-13(15,16)11-4-1-7(6-17)12(19-11)18-9-5-8-2-3-10(9)20-8/h1,4,8-10H,2-3,5H2,(H,18,19). The maximum Gasteiger partial charge on any atom is 0.433 e. The van der Waals surface area contributed by atoms with Crippen molar-refractivity contribution < 1.29 is 17.9 Å². The molecule has 7 heteroatoms. The van der Waals surface area contributed by atoms with Gasteiger partial charge in [0, 0.05) is 0 Å². The maximum absolute atomic E-state index is 12.7. The fraction of sp³-hybridized carbons (Fsp3) is 0.538. The highest BCUT2D eigenvalue weighted by molar-refractivity contribution is 5.53. The van der Waals surface area contributed by atoms with Crippen LogP contribution in [-0.2, 0) is 10.9 Å². The van der Waals surface area contributed by atoms with E-state index in [1.54, 1.807) is 0 Å². The molecule has 3 unspecified atom stereocenters. The van der Waals surface area contributed by atoms with Crippen molar-refractivity contribution in [3.63, 3.8) is 0 Å². The molecule has 2 saturated heterocycles. The molecule has 1 aromatic rings. The molecule has 3 rings (SSSR count). The predicted molar refractivity (Wildman–Crippen MR) is 63.9 cm³/mol. The Bertz CT molecular complexity index is 567. The average Bonchev–Trinajstić information content (AvgIpc) is 3.00. The number of pyridine rings is 1. The van der Waals surface area contributed by atoms with E-state index in [2.05, 4.69) is 10.3 Å². The summed E-state index contributed by atoms with van der Waals surface area (Å²) in [6, 6.07) is 3.75. The van der Waals surface area contributed by atoms with Gasteiger partial charge >= 0.3 is 6.18 Å². The number of rotatable bonds is 2. The molecule has 0 aromatic carbocycles. The number of halogens is 3. The minimum absolute atomic E-state index is 0.00267. The van der Waals surface area contributed by atoms with Crippen LogP contribution in [0.4, 0.5) is 19.0 Å². The third-order valence-electron chi connectivity index (χ3n) is 3.73. The number of anilines is 1. The zero-order valence-corrected chi connectivity index (χ0v) is 10.4. The summed E-state index contributed by atoms with van der Waals surface area (Å²) < 4.78 is 43.6. The Morgan fingerprint density at radius 3 is 2.70 bits per heavy atom. The summed E-state index contributed by atoms with van der Waals surface area (Å²) in [4.78, 5) is 3.55. The fourth-order valence-electron chi connectivity index (χ4n) is 2.78. The second-order valence-corrected chi connectivity index (χ2v) is 5.06. The summed E-state index contributed by atoms with van der Waals surface area (Å²) in [7, 11) is 0. The minimum atomic E-state index is -4.52. The third-order valence-corrected chi connectivity index (χ3v) is 3.73. The highest BCUT2D eigenvalue weighted by atomic mass is 19.4. The molecule has 0 saturated carbocycles. The van der Waals surface area contributed by atoms with Crippen LogP contribution in [0.1, 0.15) is 30.5 Å². The SMILES string of the molecule is N#Cc1ccc(C(F)(F)F)nc1NC1CC2CCC1O2. The van der Waals surface area contributed by atoms with Crippen LogP contribution in [0.25, 0.3) is 0 Å². The van der Waals surface area contributed by atoms with E-state index >= 15 is 0 Å². The van der Waals surface area contributed by atoms with Gasteiger partial charge in [0.1, 0.15) is 17.6 Å². The van der Waals surface area contributed by atoms with Crippen LogP contribution in [0.15, 0.2) is 12.1 Å². The zero-order valence-electron chi connectivity index (χ0n) is 10.4. The second-order valence-electron chi connectivity index (χ2n) is 5.06. The lowest BCUT2D eigenvalue weighted by molar-refractivity contribution is -0.141. The van der Waals surface area contributed by atoms with Crippen LogP contribution in [0.5, 0.6) is 0 Å². The number of hydrogen-bond acceptors (Lipinski definition) is 4. The minimum Gasteiger partial charge on any atom is -0.373 e. The number of nitriles is 1. The predicted octanol–water partition coefficient (Wildman–Crippen LogP) is 2.70. The van der Waals surface area contributed by atoms with E-state index in [0.29, 0.717) is 0 Å². The number of hydrogen-bond donors (Lipinski definition) is 1. The summed E-state index contributed by atoms with van der Waals surface area (Å²) in [5.74, 6) is -0.0107. The molecular formula is C13H12F3N3O.